The molecule has 1 heterocycles. The van der Waals surface area contributed by atoms with Crippen molar-refractivity contribution in [2.24, 2.45) is 0 Å². The standard InChI is InChI=1S/C13H21NOS/c1-11(2)9-15-6-5-14-12(3)8-13-4-7-16-10-13/h4,7,10,12,14H,1,5-6,8-9H2,2-3H3. The maximum absolute atomic E-state index is 5.42. The van der Waals surface area contributed by atoms with E-state index in [1.54, 1.807) is 11.3 Å². The normalized spacial score (nSPS) is 12.6. The van der Waals surface area contributed by atoms with Gasteiger partial charge in [0.2, 0.25) is 0 Å². The van der Waals surface area contributed by atoms with Gasteiger partial charge in [-0.1, -0.05) is 12.2 Å². The Hall–Kier alpha value is -0.640. The summed E-state index contributed by atoms with van der Waals surface area (Å²) in [5.41, 5.74) is 2.49. The van der Waals surface area contributed by atoms with Crippen LogP contribution in [0.4, 0.5) is 0 Å². The third kappa shape index (κ3) is 6.05. The molecule has 1 rings (SSSR count). The van der Waals surface area contributed by atoms with Crippen molar-refractivity contribution in [1.82, 2.24) is 5.32 Å². The van der Waals surface area contributed by atoms with Crippen molar-refractivity contribution < 1.29 is 4.74 Å². The molecule has 0 spiro atoms. The summed E-state index contributed by atoms with van der Waals surface area (Å²) in [6.45, 7) is 10.3. The van der Waals surface area contributed by atoms with Crippen LogP contribution in [0.2, 0.25) is 0 Å². The minimum absolute atomic E-state index is 0.503. The Balaban J connectivity index is 2.02. The Kier molecular flexibility index (Phi) is 6.38. The summed E-state index contributed by atoms with van der Waals surface area (Å²) < 4.78 is 5.42. The van der Waals surface area contributed by atoms with E-state index in [2.05, 4.69) is 35.6 Å². The van der Waals surface area contributed by atoms with Gasteiger partial charge < -0.3 is 10.1 Å². The maximum atomic E-state index is 5.42. The largest absolute Gasteiger partial charge is 0.376 e. The third-order valence-corrected chi connectivity index (χ3v) is 2.94. The van der Waals surface area contributed by atoms with E-state index in [0.717, 1.165) is 25.1 Å². The molecule has 0 aliphatic heterocycles. The quantitative estimate of drug-likeness (QED) is 0.556. The molecule has 1 aromatic heterocycles. The van der Waals surface area contributed by atoms with Crippen molar-refractivity contribution in [2.45, 2.75) is 26.3 Å². The van der Waals surface area contributed by atoms with Crippen LogP contribution in [0.1, 0.15) is 19.4 Å². The second-order valence-corrected chi connectivity index (χ2v) is 4.98. The Morgan fingerprint density at radius 1 is 1.62 bits per heavy atom. The van der Waals surface area contributed by atoms with Crippen LogP contribution in [-0.4, -0.2) is 25.8 Å². The molecule has 0 fully saturated rings. The van der Waals surface area contributed by atoms with E-state index in [9.17, 15) is 0 Å². The molecule has 3 heteroatoms. The highest BCUT2D eigenvalue weighted by Crippen LogP contribution is 2.08. The van der Waals surface area contributed by atoms with Crippen LogP contribution in [0.25, 0.3) is 0 Å². The first kappa shape index (κ1) is 13.4. The van der Waals surface area contributed by atoms with Gasteiger partial charge in [-0.05, 0) is 42.7 Å². The summed E-state index contributed by atoms with van der Waals surface area (Å²) in [5, 5.41) is 7.77. The number of ether oxygens (including phenoxy) is 1. The highest BCUT2D eigenvalue weighted by atomic mass is 32.1. The lowest BCUT2D eigenvalue weighted by Crippen LogP contribution is -2.31. The van der Waals surface area contributed by atoms with Crippen molar-refractivity contribution in [3.8, 4) is 0 Å². The predicted molar refractivity (Wildman–Crippen MR) is 71.1 cm³/mol. The highest BCUT2D eigenvalue weighted by molar-refractivity contribution is 7.07. The first-order valence-corrected chi connectivity index (χ1v) is 6.59. The Bertz CT molecular complexity index is 295. The van der Waals surface area contributed by atoms with Gasteiger partial charge in [0, 0.05) is 12.6 Å². The second-order valence-electron chi connectivity index (χ2n) is 4.20. The van der Waals surface area contributed by atoms with Crippen LogP contribution in [0.5, 0.6) is 0 Å². The minimum Gasteiger partial charge on any atom is -0.376 e. The van der Waals surface area contributed by atoms with Gasteiger partial charge in [0.05, 0.1) is 13.2 Å². The molecule has 1 aromatic rings. The number of hydrogen-bond donors (Lipinski definition) is 1. The first-order chi connectivity index (χ1) is 7.68. The van der Waals surface area contributed by atoms with Gasteiger partial charge in [-0.3, -0.25) is 0 Å². The molecule has 90 valence electrons. The van der Waals surface area contributed by atoms with Crippen LogP contribution in [0.15, 0.2) is 29.0 Å². The second kappa shape index (κ2) is 7.60. The molecular formula is C13H21NOS. The summed E-state index contributed by atoms with van der Waals surface area (Å²) in [6.07, 6.45) is 1.09. The Morgan fingerprint density at radius 3 is 3.06 bits per heavy atom. The summed E-state index contributed by atoms with van der Waals surface area (Å²) >= 11 is 1.75. The molecule has 0 saturated carbocycles. The molecule has 1 N–H and O–H groups in total. The zero-order valence-electron chi connectivity index (χ0n) is 10.2. The van der Waals surface area contributed by atoms with Crippen molar-refractivity contribution in [3.05, 3.63) is 34.5 Å². The number of rotatable bonds is 8. The molecule has 0 amide bonds. The molecule has 0 aliphatic rings. The Labute approximate surface area is 102 Å². The number of thiophene rings is 1. The molecule has 0 aromatic carbocycles. The lowest BCUT2D eigenvalue weighted by Gasteiger charge is -2.13. The molecule has 16 heavy (non-hydrogen) atoms. The summed E-state index contributed by atoms with van der Waals surface area (Å²) in [5.74, 6) is 0. The maximum Gasteiger partial charge on any atom is 0.0672 e. The smallest absolute Gasteiger partial charge is 0.0672 e. The average Bonchev–Trinajstić information content (AvgIpc) is 2.69. The SMILES string of the molecule is C=C(C)COCCNC(C)Cc1ccsc1. The molecule has 1 atom stereocenters. The molecule has 2 nitrogen and oxygen atoms in total. The van der Waals surface area contributed by atoms with Crippen molar-refractivity contribution in [2.75, 3.05) is 19.8 Å². The van der Waals surface area contributed by atoms with E-state index in [-0.39, 0.29) is 0 Å². The fourth-order valence-electron chi connectivity index (χ4n) is 1.46. The zero-order chi connectivity index (χ0) is 11.8. The van der Waals surface area contributed by atoms with E-state index >= 15 is 0 Å². The average molecular weight is 239 g/mol. The van der Waals surface area contributed by atoms with Crippen LogP contribution in [-0.2, 0) is 11.2 Å². The summed E-state index contributed by atoms with van der Waals surface area (Å²) in [7, 11) is 0. The van der Waals surface area contributed by atoms with Gasteiger partial charge in [0.1, 0.15) is 0 Å². The van der Waals surface area contributed by atoms with Crippen LogP contribution < -0.4 is 5.32 Å². The molecule has 0 radical (unpaired) electrons. The van der Waals surface area contributed by atoms with E-state index in [4.69, 9.17) is 4.74 Å². The van der Waals surface area contributed by atoms with Gasteiger partial charge in [0.25, 0.3) is 0 Å². The monoisotopic (exact) mass is 239 g/mol. The zero-order valence-corrected chi connectivity index (χ0v) is 11.0. The van der Waals surface area contributed by atoms with Gasteiger partial charge >= 0.3 is 0 Å². The highest BCUT2D eigenvalue weighted by Gasteiger charge is 2.02. The van der Waals surface area contributed by atoms with Gasteiger partial charge in [0.15, 0.2) is 0 Å². The van der Waals surface area contributed by atoms with Gasteiger partial charge in [-0.25, -0.2) is 0 Å². The topological polar surface area (TPSA) is 21.3 Å². The van der Waals surface area contributed by atoms with Crippen molar-refractivity contribution >= 4 is 11.3 Å². The summed E-state index contributed by atoms with van der Waals surface area (Å²) in [4.78, 5) is 0. The lowest BCUT2D eigenvalue weighted by molar-refractivity contribution is 0.156. The molecule has 0 bridgehead atoms. The van der Waals surface area contributed by atoms with E-state index in [1.807, 2.05) is 6.92 Å². The first-order valence-electron chi connectivity index (χ1n) is 5.65. The predicted octanol–water partition coefficient (Wildman–Crippen LogP) is 2.86. The number of nitrogens with one attached hydrogen (secondary N) is 1. The fraction of sp³-hybridized carbons (Fsp3) is 0.538. The van der Waals surface area contributed by atoms with E-state index in [1.165, 1.54) is 5.56 Å². The van der Waals surface area contributed by atoms with Crippen LogP contribution >= 0.6 is 11.3 Å². The van der Waals surface area contributed by atoms with E-state index in [0.29, 0.717) is 12.6 Å². The van der Waals surface area contributed by atoms with Crippen molar-refractivity contribution in [1.29, 1.82) is 0 Å². The number of hydrogen-bond acceptors (Lipinski definition) is 3. The van der Waals surface area contributed by atoms with Gasteiger partial charge in [-0.2, -0.15) is 11.3 Å². The molecule has 0 aliphatic carbocycles. The van der Waals surface area contributed by atoms with Gasteiger partial charge in [-0.15, -0.1) is 0 Å². The molecule has 1 unspecified atom stereocenters. The van der Waals surface area contributed by atoms with E-state index < -0.39 is 0 Å². The lowest BCUT2D eigenvalue weighted by atomic mass is 10.1. The Morgan fingerprint density at radius 2 is 2.44 bits per heavy atom. The fourth-order valence-corrected chi connectivity index (χ4v) is 2.14. The van der Waals surface area contributed by atoms with Crippen LogP contribution in [0.3, 0.4) is 0 Å². The minimum atomic E-state index is 0.503. The molecular weight excluding hydrogens is 218 g/mol. The summed E-state index contributed by atoms with van der Waals surface area (Å²) in [6, 6.07) is 2.68. The third-order valence-electron chi connectivity index (χ3n) is 2.21. The van der Waals surface area contributed by atoms with Crippen molar-refractivity contribution in [3.63, 3.8) is 0 Å². The van der Waals surface area contributed by atoms with Crippen LogP contribution in [0, 0.1) is 0 Å². The molecule has 0 saturated heterocycles.